The predicted molar refractivity (Wildman–Crippen MR) is 77.9 cm³/mol. The van der Waals surface area contributed by atoms with E-state index in [1.165, 1.54) is 0 Å². The molecule has 10 heteroatoms. The molecule has 0 radical (unpaired) electrons. The summed E-state index contributed by atoms with van der Waals surface area (Å²) in [5.41, 5.74) is -2.79. The fourth-order valence-corrected chi connectivity index (χ4v) is 1.53. The van der Waals surface area contributed by atoms with Gasteiger partial charge in [0.15, 0.2) is 0 Å². The van der Waals surface area contributed by atoms with Crippen molar-refractivity contribution in [2.24, 2.45) is 0 Å². The zero-order valence-corrected chi connectivity index (χ0v) is 12.1. The first kappa shape index (κ1) is 17.9. The van der Waals surface area contributed by atoms with E-state index in [1.807, 2.05) is 4.98 Å². The van der Waals surface area contributed by atoms with Crippen LogP contribution in [0.1, 0.15) is 0 Å². The van der Waals surface area contributed by atoms with Crippen LogP contribution in [0.25, 0.3) is 0 Å². The normalized spacial score (nSPS) is 9.91. The summed E-state index contributed by atoms with van der Waals surface area (Å²) in [6.07, 6.45) is 1.86. The van der Waals surface area contributed by atoms with Crippen molar-refractivity contribution >= 4 is 11.9 Å². The van der Waals surface area contributed by atoms with Crippen molar-refractivity contribution in [1.82, 2.24) is 14.1 Å². The van der Waals surface area contributed by atoms with Crippen LogP contribution >= 0.6 is 0 Å². The second kappa shape index (κ2) is 8.32. The van der Waals surface area contributed by atoms with Gasteiger partial charge in [-0.05, 0) is 0 Å². The summed E-state index contributed by atoms with van der Waals surface area (Å²) in [5, 5.41) is 0. The third-order valence-electron chi connectivity index (χ3n) is 2.62. The van der Waals surface area contributed by atoms with Gasteiger partial charge in [-0.25, -0.2) is 33.1 Å². The Bertz CT molecular complexity index is 723. The van der Waals surface area contributed by atoms with Crippen LogP contribution in [0, 0.1) is 0 Å². The highest BCUT2D eigenvalue weighted by molar-refractivity contribution is 5.81. The Balaban J connectivity index is 2.91. The van der Waals surface area contributed by atoms with Crippen molar-refractivity contribution in [3.8, 4) is 0 Å². The molecular weight excluding hydrogens is 310 g/mol. The summed E-state index contributed by atoms with van der Waals surface area (Å²) in [5.74, 6) is -1.42. The second-order valence-corrected chi connectivity index (χ2v) is 4.06. The number of esters is 2. The van der Waals surface area contributed by atoms with Gasteiger partial charge in [0, 0.05) is 12.2 Å². The number of H-pyrrole nitrogens is 1. The fraction of sp³-hybridized carbons (Fsp3) is 0.308. The average Bonchev–Trinajstić information content (AvgIpc) is 2.52. The number of carbonyl (C=O) groups is 2. The first-order chi connectivity index (χ1) is 10.9. The van der Waals surface area contributed by atoms with Crippen LogP contribution in [0.2, 0.25) is 0 Å². The number of nitrogens with one attached hydrogen (secondary N) is 1. The first-order valence-corrected chi connectivity index (χ1v) is 6.43. The van der Waals surface area contributed by atoms with E-state index in [4.69, 9.17) is 0 Å². The Kier molecular flexibility index (Phi) is 6.46. The van der Waals surface area contributed by atoms with E-state index in [-0.39, 0.29) is 26.3 Å². The summed E-state index contributed by atoms with van der Waals surface area (Å²) in [4.78, 5) is 59.1. The van der Waals surface area contributed by atoms with E-state index in [2.05, 4.69) is 22.6 Å². The Labute approximate surface area is 129 Å². The topological polar surface area (TPSA) is 129 Å². The van der Waals surface area contributed by atoms with E-state index in [9.17, 15) is 24.0 Å². The van der Waals surface area contributed by atoms with Gasteiger partial charge in [-0.3, -0.25) is 4.98 Å². The van der Waals surface area contributed by atoms with Crippen LogP contribution in [0.3, 0.4) is 0 Å². The molecule has 0 saturated carbocycles. The molecule has 0 unspecified atom stereocenters. The Morgan fingerprint density at radius 2 is 1.30 bits per heavy atom. The summed E-state index contributed by atoms with van der Waals surface area (Å²) >= 11 is 0. The van der Waals surface area contributed by atoms with Gasteiger partial charge in [0.05, 0.1) is 13.1 Å². The zero-order chi connectivity index (χ0) is 17.4. The Morgan fingerprint density at radius 1 is 0.913 bits per heavy atom. The number of nitrogens with zero attached hydrogens (tertiary/aromatic N) is 2. The molecule has 0 aromatic carbocycles. The van der Waals surface area contributed by atoms with Crippen molar-refractivity contribution in [2.75, 3.05) is 13.2 Å². The molecule has 0 fully saturated rings. The number of aromatic amines is 1. The van der Waals surface area contributed by atoms with Crippen molar-refractivity contribution in [2.45, 2.75) is 13.1 Å². The van der Waals surface area contributed by atoms with Crippen LogP contribution in [0.15, 0.2) is 39.7 Å². The van der Waals surface area contributed by atoms with E-state index in [0.717, 1.165) is 12.2 Å². The number of carbonyl (C=O) groups excluding carboxylic acids is 2. The highest BCUT2D eigenvalue weighted by atomic mass is 16.5. The molecule has 0 saturated heterocycles. The monoisotopic (exact) mass is 325 g/mol. The average molecular weight is 325 g/mol. The third kappa shape index (κ3) is 4.95. The molecule has 10 nitrogen and oxygen atoms in total. The van der Waals surface area contributed by atoms with Crippen molar-refractivity contribution in [3.63, 3.8) is 0 Å². The summed E-state index contributed by atoms with van der Waals surface area (Å²) < 4.78 is 10.7. The van der Waals surface area contributed by atoms with E-state index < -0.39 is 29.0 Å². The molecule has 1 heterocycles. The minimum Gasteiger partial charge on any atom is -0.461 e. The van der Waals surface area contributed by atoms with E-state index in [1.54, 1.807) is 0 Å². The summed E-state index contributed by atoms with van der Waals surface area (Å²) in [6, 6.07) is 0. The van der Waals surface area contributed by atoms with Crippen molar-refractivity contribution in [1.29, 1.82) is 0 Å². The van der Waals surface area contributed by atoms with Crippen LogP contribution in [0.4, 0.5) is 0 Å². The first-order valence-electron chi connectivity index (χ1n) is 6.43. The van der Waals surface area contributed by atoms with E-state index >= 15 is 0 Å². The molecule has 0 aliphatic carbocycles. The molecule has 0 aliphatic rings. The number of ether oxygens (including phenoxy) is 2. The maximum Gasteiger partial charge on any atom is 0.336 e. The maximum absolute atomic E-state index is 12.1. The molecule has 0 amide bonds. The Morgan fingerprint density at radius 3 is 1.65 bits per heavy atom. The molecule has 124 valence electrons. The SMILES string of the molecule is C=CC(=O)OCCn1c(=O)[nH]c(=O)n(CCOC(=O)C=C)c1=O. The highest BCUT2D eigenvalue weighted by Gasteiger charge is 2.10. The molecule has 0 spiro atoms. The number of hydrogen-bond acceptors (Lipinski definition) is 7. The lowest BCUT2D eigenvalue weighted by Crippen LogP contribution is -2.50. The van der Waals surface area contributed by atoms with Crippen LogP contribution in [-0.2, 0) is 32.2 Å². The van der Waals surface area contributed by atoms with Crippen LogP contribution in [0.5, 0.6) is 0 Å². The van der Waals surface area contributed by atoms with Crippen LogP contribution < -0.4 is 17.1 Å². The minimum absolute atomic E-state index is 0.250. The van der Waals surface area contributed by atoms with Gasteiger partial charge in [0.25, 0.3) is 0 Å². The molecule has 1 rings (SSSR count). The smallest absolute Gasteiger partial charge is 0.336 e. The van der Waals surface area contributed by atoms with Crippen molar-refractivity contribution in [3.05, 3.63) is 56.8 Å². The highest BCUT2D eigenvalue weighted by Crippen LogP contribution is 1.83. The number of rotatable bonds is 8. The molecule has 0 aliphatic heterocycles. The Hall–Kier alpha value is -3.17. The molecule has 23 heavy (non-hydrogen) atoms. The lowest BCUT2D eigenvalue weighted by molar-refractivity contribution is -0.138. The third-order valence-corrected chi connectivity index (χ3v) is 2.62. The van der Waals surface area contributed by atoms with Gasteiger partial charge in [-0.15, -0.1) is 0 Å². The minimum atomic E-state index is -0.936. The lowest BCUT2D eigenvalue weighted by Gasteiger charge is -2.09. The number of hydrogen-bond donors (Lipinski definition) is 1. The molecule has 1 aromatic heterocycles. The van der Waals surface area contributed by atoms with Crippen LogP contribution in [-0.4, -0.2) is 39.3 Å². The van der Waals surface area contributed by atoms with Gasteiger partial charge in [0.1, 0.15) is 13.2 Å². The van der Waals surface area contributed by atoms with Gasteiger partial charge in [-0.1, -0.05) is 13.2 Å². The molecule has 0 bridgehead atoms. The van der Waals surface area contributed by atoms with Gasteiger partial charge >= 0.3 is 29.0 Å². The molecular formula is C13H15N3O7. The van der Waals surface area contributed by atoms with E-state index in [0.29, 0.717) is 9.13 Å². The lowest BCUT2D eigenvalue weighted by atomic mass is 10.6. The number of aromatic nitrogens is 3. The zero-order valence-electron chi connectivity index (χ0n) is 12.1. The largest absolute Gasteiger partial charge is 0.461 e. The van der Waals surface area contributed by atoms with Crippen molar-refractivity contribution < 1.29 is 19.1 Å². The molecule has 1 aromatic rings. The second-order valence-electron chi connectivity index (χ2n) is 4.06. The van der Waals surface area contributed by atoms with Gasteiger partial charge in [-0.2, -0.15) is 0 Å². The fourth-order valence-electron chi connectivity index (χ4n) is 1.53. The molecule has 1 N–H and O–H groups in total. The molecule has 0 atom stereocenters. The quantitative estimate of drug-likeness (QED) is 0.439. The predicted octanol–water partition coefficient (Wildman–Crippen LogP) is -1.84. The summed E-state index contributed by atoms with van der Waals surface area (Å²) in [6.45, 7) is 5.39. The van der Waals surface area contributed by atoms with Gasteiger partial charge < -0.3 is 9.47 Å². The maximum atomic E-state index is 12.1. The standard InChI is InChI=1S/C13H15N3O7/c1-3-9(17)22-7-5-15-11(19)14-12(20)16(13(15)21)6-8-23-10(18)4-2/h3-4H,1-2,5-8H2,(H,14,19,20). The van der Waals surface area contributed by atoms with Gasteiger partial charge in [0.2, 0.25) is 0 Å². The summed E-state index contributed by atoms with van der Waals surface area (Å²) in [7, 11) is 0.